The maximum atomic E-state index is 12.6. The number of rotatable bonds is 3. The first-order valence-corrected chi connectivity index (χ1v) is 9.13. The zero-order valence-corrected chi connectivity index (χ0v) is 15.4. The topological polar surface area (TPSA) is 53.1 Å². The standard InChI is InChI=1S/C17H21Cl2N3O3/c18-14-3-1-2-13(16(14)19)17(24)22-6-4-21(5-7-22)15(23)12-20-8-10-25-11-9-20/h1-3H,4-12H2. The minimum atomic E-state index is -0.146. The lowest BCUT2D eigenvalue weighted by molar-refractivity contribution is -0.134. The molecule has 1 aromatic carbocycles. The van der Waals surface area contributed by atoms with E-state index in [9.17, 15) is 9.59 Å². The predicted octanol–water partition coefficient (Wildman–Crippen LogP) is 1.61. The number of carbonyl (C=O) groups excluding carboxylic acids is 2. The van der Waals surface area contributed by atoms with Crippen LogP contribution in [0.1, 0.15) is 10.4 Å². The number of halogens is 2. The van der Waals surface area contributed by atoms with Crippen molar-refractivity contribution in [1.82, 2.24) is 14.7 Å². The van der Waals surface area contributed by atoms with Crippen LogP contribution in [-0.4, -0.2) is 85.5 Å². The van der Waals surface area contributed by atoms with Gasteiger partial charge in [-0.05, 0) is 12.1 Å². The van der Waals surface area contributed by atoms with Crippen LogP contribution >= 0.6 is 23.2 Å². The second-order valence-corrected chi connectivity index (χ2v) is 6.95. The normalized spacial score (nSPS) is 19.1. The van der Waals surface area contributed by atoms with Gasteiger partial charge in [0, 0.05) is 39.3 Å². The number of nitrogens with zero attached hydrogens (tertiary/aromatic N) is 3. The highest BCUT2D eigenvalue weighted by Gasteiger charge is 2.27. The van der Waals surface area contributed by atoms with Gasteiger partial charge in [-0.2, -0.15) is 0 Å². The molecule has 2 fully saturated rings. The highest BCUT2D eigenvalue weighted by Crippen LogP contribution is 2.26. The molecule has 0 radical (unpaired) electrons. The third-order valence-corrected chi connectivity index (χ3v) is 5.38. The Hall–Kier alpha value is -1.34. The highest BCUT2D eigenvalue weighted by molar-refractivity contribution is 6.43. The molecule has 0 aromatic heterocycles. The van der Waals surface area contributed by atoms with Gasteiger partial charge in [0.05, 0.1) is 35.4 Å². The Kier molecular flexibility index (Phi) is 6.17. The average molecular weight is 386 g/mol. The minimum absolute atomic E-state index is 0.106. The first-order valence-electron chi connectivity index (χ1n) is 8.37. The second kappa shape index (κ2) is 8.36. The van der Waals surface area contributed by atoms with Crippen molar-refractivity contribution in [3.63, 3.8) is 0 Å². The maximum Gasteiger partial charge on any atom is 0.255 e. The van der Waals surface area contributed by atoms with E-state index in [4.69, 9.17) is 27.9 Å². The summed E-state index contributed by atoms with van der Waals surface area (Å²) in [4.78, 5) is 30.7. The first-order chi connectivity index (χ1) is 12.1. The summed E-state index contributed by atoms with van der Waals surface area (Å²) in [5, 5.41) is 0.645. The Morgan fingerprint density at radius 3 is 2.28 bits per heavy atom. The number of hydrogen-bond acceptors (Lipinski definition) is 4. The summed E-state index contributed by atoms with van der Waals surface area (Å²) in [6.45, 7) is 5.41. The molecule has 3 rings (SSSR count). The van der Waals surface area contributed by atoms with Gasteiger partial charge >= 0.3 is 0 Å². The van der Waals surface area contributed by atoms with Crippen LogP contribution in [0.25, 0.3) is 0 Å². The summed E-state index contributed by atoms with van der Waals surface area (Å²) in [6, 6.07) is 5.04. The summed E-state index contributed by atoms with van der Waals surface area (Å²) >= 11 is 12.1. The Morgan fingerprint density at radius 1 is 0.960 bits per heavy atom. The zero-order valence-electron chi connectivity index (χ0n) is 13.9. The van der Waals surface area contributed by atoms with Crippen LogP contribution < -0.4 is 0 Å². The Morgan fingerprint density at radius 2 is 1.60 bits per heavy atom. The molecule has 0 unspecified atom stereocenters. The van der Waals surface area contributed by atoms with Gasteiger partial charge in [0.1, 0.15) is 0 Å². The summed E-state index contributed by atoms with van der Waals surface area (Å²) < 4.78 is 5.30. The molecule has 136 valence electrons. The van der Waals surface area contributed by atoms with E-state index in [1.54, 1.807) is 23.1 Å². The lowest BCUT2D eigenvalue weighted by atomic mass is 10.1. The lowest BCUT2D eigenvalue weighted by Gasteiger charge is -2.36. The van der Waals surface area contributed by atoms with Gasteiger partial charge in [0.15, 0.2) is 0 Å². The van der Waals surface area contributed by atoms with Crippen LogP contribution in [0.15, 0.2) is 18.2 Å². The third kappa shape index (κ3) is 4.44. The van der Waals surface area contributed by atoms with Crippen LogP contribution in [0, 0.1) is 0 Å². The molecule has 1 aromatic rings. The molecule has 0 bridgehead atoms. The van der Waals surface area contributed by atoms with E-state index in [-0.39, 0.29) is 16.8 Å². The molecule has 0 N–H and O–H groups in total. The zero-order chi connectivity index (χ0) is 17.8. The van der Waals surface area contributed by atoms with Crippen LogP contribution in [0.4, 0.5) is 0 Å². The van der Waals surface area contributed by atoms with Crippen molar-refractivity contribution in [3.05, 3.63) is 33.8 Å². The van der Waals surface area contributed by atoms with E-state index >= 15 is 0 Å². The van der Waals surface area contributed by atoms with Crippen LogP contribution in [0.2, 0.25) is 10.0 Å². The molecule has 2 saturated heterocycles. The van der Waals surface area contributed by atoms with E-state index in [0.29, 0.717) is 56.5 Å². The van der Waals surface area contributed by atoms with Gasteiger partial charge in [0.2, 0.25) is 5.91 Å². The van der Waals surface area contributed by atoms with Gasteiger partial charge in [-0.3, -0.25) is 14.5 Å². The molecule has 2 aliphatic heterocycles. The fourth-order valence-corrected chi connectivity index (χ4v) is 3.43. The van der Waals surface area contributed by atoms with Crippen molar-refractivity contribution in [2.24, 2.45) is 0 Å². The van der Waals surface area contributed by atoms with E-state index in [2.05, 4.69) is 4.90 Å². The largest absolute Gasteiger partial charge is 0.379 e. The molecule has 2 amide bonds. The number of morpholine rings is 1. The highest BCUT2D eigenvalue weighted by atomic mass is 35.5. The Labute approximate surface area is 157 Å². The first kappa shape index (κ1) is 18.5. The fraction of sp³-hybridized carbons (Fsp3) is 0.529. The van der Waals surface area contributed by atoms with Crippen molar-refractivity contribution >= 4 is 35.0 Å². The molecule has 2 heterocycles. The van der Waals surface area contributed by atoms with Crippen molar-refractivity contribution in [1.29, 1.82) is 0 Å². The van der Waals surface area contributed by atoms with Crippen molar-refractivity contribution in [2.75, 3.05) is 59.0 Å². The Balaban J connectivity index is 1.53. The predicted molar refractivity (Wildman–Crippen MR) is 96.2 cm³/mol. The van der Waals surface area contributed by atoms with Crippen molar-refractivity contribution in [3.8, 4) is 0 Å². The van der Waals surface area contributed by atoms with E-state index in [1.807, 2.05) is 4.90 Å². The molecular formula is C17H21Cl2N3O3. The molecule has 0 atom stereocenters. The molecule has 0 aliphatic carbocycles. The van der Waals surface area contributed by atoms with E-state index in [0.717, 1.165) is 13.1 Å². The number of piperazine rings is 1. The lowest BCUT2D eigenvalue weighted by Crippen LogP contribution is -2.53. The summed E-state index contributed by atoms with van der Waals surface area (Å²) in [7, 11) is 0. The third-order valence-electron chi connectivity index (χ3n) is 4.56. The molecule has 2 aliphatic rings. The molecule has 8 heteroatoms. The number of ether oxygens (including phenoxy) is 1. The second-order valence-electron chi connectivity index (χ2n) is 6.16. The summed E-state index contributed by atoms with van der Waals surface area (Å²) in [6.07, 6.45) is 0. The smallest absolute Gasteiger partial charge is 0.255 e. The van der Waals surface area contributed by atoms with Crippen molar-refractivity contribution in [2.45, 2.75) is 0 Å². The number of carbonyl (C=O) groups is 2. The SMILES string of the molecule is O=C(CN1CCOCC1)N1CCN(C(=O)c2cccc(Cl)c2Cl)CC1. The minimum Gasteiger partial charge on any atom is -0.379 e. The van der Waals surface area contributed by atoms with Gasteiger partial charge in [-0.15, -0.1) is 0 Å². The maximum absolute atomic E-state index is 12.6. The molecule has 25 heavy (non-hydrogen) atoms. The monoisotopic (exact) mass is 385 g/mol. The van der Waals surface area contributed by atoms with Gasteiger partial charge in [0.25, 0.3) is 5.91 Å². The molecule has 0 saturated carbocycles. The average Bonchev–Trinajstić information content (AvgIpc) is 2.64. The Bertz CT molecular complexity index is 642. The quantitative estimate of drug-likeness (QED) is 0.792. The van der Waals surface area contributed by atoms with Gasteiger partial charge in [-0.1, -0.05) is 29.3 Å². The van der Waals surface area contributed by atoms with Gasteiger partial charge < -0.3 is 14.5 Å². The number of amides is 2. The molecular weight excluding hydrogens is 365 g/mol. The van der Waals surface area contributed by atoms with Crippen molar-refractivity contribution < 1.29 is 14.3 Å². The van der Waals surface area contributed by atoms with Crippen LogP contribution in [-0.2, 0) is 9.53 Å². The summed E-state index contributed by atoms with van der Waals surface area (Å²) in [5.41, 5.74) is 0.405. The fourth-order valence-electron chi connectivity index (χ4n) is 3.05. The molecule has 6 nitrogen and oxygen atoms in total. The summed E-state index contributed by atoms with van der Waals surface area (Å²) in [5.74, 6) is -0.0393. The van der Waals surface area contributed by atoms with E-state index in [1.165, 1.54) is 0 Å². The van der Waals surface area contributed by atoms with Crippen LogP contribution in [0.3, 0.4) is 0 Å². The van der Waals surface area contributed by atoms with Crippen LogP contribution in [0.5, 0.6) is 0 Å². The molecule has 0 spiro atoms. The number of benzene rings is 1. The number of hydrogen-bond donors (Lipinski definition) is 0. The van der Waals surface area contributed by atoms with Gasteiger partial charge in [-0.25, -0.2) is 0 Å². The van der Waals surface area contributed by atoms with E-state index < -0.39 is 0 Å².